The van der Waals surface area contributed by atoms with Crippen LogP contribution in [0, 0.1) is 5.92 Å². The van der Waals surface area contributed by atoms with Gasteiger partial charge < -0.3 is 20.6 Å². The SMILES string of the molecule is CCC(CNC(=O)Nc1ccc(N(C)C)cc1)CC(=O)O. The van der Waals surface area contributed by atoms with E-state index in [0.29, 0.717) is 18.7 Å². The number of nitrogens with one attached hydrogen (secondary N) is 2. The molecule has 21 heavy (non-hydrogen) atoms. The number of aliphatic carboxylic acids is 1. The van der Waals surface area contributed by atoms with Crippen LogP contribution in [0.25, 0.3) is 0 Å². The van der Waals surface area contributed by atoms with Gasteiger partial charge in [-0.25, -0.2) is 4.79 Å². The smallest absolute Gasteiger partial charge is 0.319 e. The summed E-state index contributed by atoms with van der Waals surface area (Å²) in [6, 6.07) is 7.15. The lowest BCUT2D eigenvalue weighted by Crippen LogP contribution is -2.33. The molecule has 3 N–H and O–H groups in total. The highest BCUT2D eigenvalue weighted by atomic mass is 16.4. The quantitative estimate of drug-likeness (QED) is 0.721. The van der Waals surface area contributed by atoms with E-state index in [1.54, 1.807) is 0 Å². The van der Waals surface area contributed by atoms with Crippen molar-refractivity contribution < 1.29 is 14.7 Å². The van der Waals surface area contributed by atoms with Gasteiger partial charge in [-0.3, -0.25) is 4.79 Å². The molecular weight excluding hydrogens is 270 g/mol. The zero-order valence-electron chi connectivity index (χ0n) is 12.7. The van der Waals surface area contributed by atoms with E-state index in [9.17, 15) is 9.59 Å². The average molecular weight is 293 g/mol. The Hall–Kier alpha value is -2.24. The van der Waals surface area contributed by atoms with Crippen molar-refractivity contribution in [2.75, 3.05) is 30.9 Å². The third-order valence-corrected chi connectivity index (χ3v) is 3.23. The highest BCUT2D eigenvalue weighted by Gasteiger charge is 2.12. The van der Waals surface area contributed by atoms with Crippen LogP contribution in [0.15, 0.2) is 24.3 Å². The van der Waals surface area contributed by atoms with Crippen LogP contribution in [0.4, 0.5) is 16.2 Å². The fourth-order valence-corrected chi connectivity index (χ4v) is 1.86. The van der Waals surface area contributed by atoms with E-state index in [-0.39, 0.29) is 18.4 Å². The van der Waals surface area contributed by atoms with Crippen molar-refractivity contribution in [1.29, 1.82) is 0 Å². The number of urea groups is 1. The Kier molecular flexibility index (Phi) is 6.52. The number of amides is 2. The number of carbonyl (C=O) groups excluding carboxylic acids is 1. The maximum atomic E-state index is 11.8. The van der Waals surface area contributed by atoms with E-state index in [4.69, 9.17) is 5.11 Å². The van der Waals surface area contributed by atoms with Crippen molar-refractivity contribution in [3.8, 4) is 0 Å². The molecule has 0 radical (unpaired) electrons. The number of nitrogens with zero attached hydrogens (tertiary/aromatic N) is 1. The number of carboxylic acids is 1. The number of benzene rings is 1. The first-order valence-electron chi connectivity index (χ1n) is 6.96. The van der Waals surface area contributed by atoms with Crippen LogP contribution < -0.4 is 15.5 Å². The molecule has 0 saturated heterocycles. The van der Waals surface area contributed by atoms with Gasteiger partial charge in [0.1, 0.15) is 0 Å². The summed E-state index contributed by atoms with van der Waals surface area (Å²) >= 11 is 0. The molecule has 1 aromatic rings. The molecule has 116 valence electrons. The zero-order valence-corrected chi connectivity index (χ0v) is 12.7. The molecular formula is C15H23N3O3. The Labute approximate surface area is 125 Å². The number of carbonyl (C=O) groups is 2. The summed E-state index contributed by atoms with van der Waals surface area (Å²) in [6.45, 7) is 2.26. The standard InChI is InChI=1S/C15H23N3O3/c1-4-11(9-14(19)20)10-16-15(21)17-12-5-7-13(8-6-12)18(2)3/h5-8,11H,4,9-10H2,1-3H3,(H,19,20)(H2,16,17,21). The Morgan fingerprint density at radius 3 is 2.33 bits per heavy atom. The van der Waals surface area contributed by atoms with Crippen LogP contribution >= 0.6 is 0 Å². The summed E-state index contributed by atoms with van der Waals surface area (Å²) in [5.41, 5.74) is 1.75. The molecule has 0 saturated carbocycles. The van der Waals surface area contributed by atoms with Gasteiger partial charge in [0.2, 0.25) is 0 Å². The topological polar surface area (TPSA) is 81.7 Å². The van der Waals surface area contributed by atoms with Crippen molar-refractivity contribution in [2.45, 2.75) is 19.8 Å². The Morgan fingerprint density at radius 1 is 1.24 bits per heavy atom. The molecule has 0 aromatic heterocycles. The minimum atomic E-state index is -0.844. The molecule has 1 unspecified atom stereocenters. The van der Waals surface area contributed by atoms with Gasteiger partial charge in [-0.05, 0) is 30.2 Å². The second kappa shape index (κ2) is 8.14. The predicted octanol–water partition coefficient (Wildman–Crippen LogP) is 2.38. The summed E-state index contributed by atoms with van der Waals surface area (Å²) < 4.78 is 0. The third-order valence-electron chi connectivity index (χ3n) is 3.23. The summed E-state index contributed by atoms with van der Waals surface area (Å²) in [6.07, 6.45) is 0.776. The van der Waals surface area contributed by atoms with Gasteiger partial charge in [0.25, 0.3) is 0 Å². The molecule has 1 aromatic carbocycles. The van der Waals surface area contributed by atoms with Gasteiger partial charge in [-0.1, -0.05) is 13.3 Å². The summed E-state index contributed by atoms with van der Waals surface area (Å²) in [5, 5.41) is 14.2. The predicted molar refractivity (Wildman–Crippen MR) is 83.8 cm³/mol. The molecule has 0 fully saturated rings. The van der Waals surface area contributed by atoms with E-state index in [1.165, 1.54) is 0 Å². The maximum Gasteiger partial charge on any atom is 0.319 e. The summed E-state index contributed by atoms with van der Waals surface area (Å²) in [4.78, 5) is 24.4. The highest BCUT2D eigenvalue weighted by Crippen LogP contribution is 2.15. The Balaban J connectivity index is 2.44. The number of hydrogen-bond acceptors (Lipinski definition) is 3. The van der Waals surface area contributed by atoms with Gasteiger partial charge >= 0.3 is 12.0 Å². The molecule has 1 atom stereocenters. The lowest BCUT2D eigenvalue weighted by atomic mass is 10.0. The van der Waals surface area contributed by atoms with Gasteiger partial charge in [0.15, 0.2) is 0 Å². The number of carboxylic acid groups (broad SMARTS) is 1. The number of hydrogen-bond donors (Lipinski definition) is 3. The van der Waals surface area contributed by atoms with Gasteiger partial charge in [0.05, 0.1) is 0 Å². The molecule has 0 bridgehead atoms. The molecule has 0 aliphatic heterocycles. The molecule has 1 rings (SSSR count). The van der Waals surface area contributed by atoms with Crippen molar-refractivity contribution >= 4 is 23.4 Å². The Bertz CT molecular complexity index is 472. The molecule has 0 aliphatic rings. The van der Waals surface area contributed by atoms with E-state index < -0.39 is 5.97 Å². The minimum Gasteiger partial charge on any atom is -0.481 e. The summed E-state index contributed by atoms with van der Waals surface area (Å²) in [7, 11) is 3.89. The highest BCUT2D eigenvalue weighted by molar-refractivity contribution is 5.89. The molecule has 0 spiro atoms. The first kappa shape index (κ1) is 16.8. The van der Waals surface area contributed by atoms with Crippen LogP contribution in [0.3, 0.4) is 0 Å². The van der Waals surface area contributed by atoms with Crippen molar-refractivity contribution in [3.05, 3.63) is 24.3 Å². The van der Waals surface area contributed by atoms with Crippen LogP contribution in [-0.2, 0) is 4.79 Å². The van der Waals surface area contributed by atoms with Crippen molar-refractivity contribution in [3.63, 3.8) is 0 Å². The van der Waals surface area contributed by atoms with Crippen molar-refractivity contribution in [2.24, 2.45) is 5.92 Å². The number of rotatable bonds is 7. The summed E-state index contributed by atoms with van der Waals surface area (Å²) in [5.74, 6) is -0.896. The Morgan fingerprint density at radius 2 is 1.86 bits per heavy atom. The monoisotopic (exact) mass is 293 g/mol. The zero-order chi connectivity index (χ0) is 15.8. The van der Waals surface area contributed by atoms with E-state index in [0.717, 1.165) is 5.69 Å². The second-order valence-corrected chi connectivity index (χ2v) is 5.15. The van der Waals surface area contributed by atoms with Crippen LogP contribution in [0.2, 0.25) is 0 Å². The van der Waals surface area contributed by atoms with Gasteiger partial charge in [-0.2, -0.15) is 0 Å². The molecule has 6 heteroatoms. The molecule has 2 amide bonds. The first-order valence-corrected chi connectivity index (χ1v) is 6.96. The van der Waals surface area contributed by atoms with Crippen LogP contribution in [0.1, 0.15) is 19.8 Å². The van der Waals surface area contributed by atoms with E-state index in [2.05, 4.69) is 10.6 Å². The van der Waals surface area contributed by atoms with Crippen LogP contribution in [-0.4, -0.2) is 37.7 Å². The lowest BCUT2D eigenvalue weighted by molar-refractivity contribution is -0.138. The molecule has 0 aliphatic carbocycles. The second-order valence-electron chi connectivity index (χ2n) is 5.15. The van der Waals surface area contributed by atoms with Crippen molar-refractivity contribution in [1.82, 2.24) is 5.32 Å². The third kappa shape index (κ3) is 6.16. The fourth-order valence-electron chi connectivity index (χ4n) is 1.86. The fraction of sp³-hybridized carbons (Fsp3) is 0.467. The van der Waals surface area contributed by atoms with E-state index in [1.807, 2.05) is 50.2 Å². The largest absolute Gasteiger partial charge is 0.481 e. The average Bonchev–Trinajstić information content (AvgIpc) is 2.43. The van der Waals surface area contributed by atoms with Gasteiger partial charge in [0, 0.05) is 38.4 Å². The van der Waals surface area contributed by atoms with E-state index >= 15 is 0 Å². The molecule has 6 nitrogen and oxygen atoms in total. The minimum absolute atomic E-state index is 0.0515. The lowest BCUT2D eigenvalue weighted by Gasteiger charge is -2.15. The van der Waals surface area contributed by atoms with Crippen LogP contribution in [0.5, 0.6) is 0 Å². The maximum absolute atomic E-state index is 11.8. The van der Waals surface area contributed by atoms with Gasteiger partial charge in [-0.15, -0.1) is 0 Å². The number of anilines is 2. The molecule has 0 heterocycles. The normalized spacial score (nSPS) is 11.6. The first-order chi connectivity index (χ1) is 9.92.